The first-order valence-electron chi connectivity index (χ1n) is 11.4. The van der Waals surface area contributed by atoms with Gasteiger partial charge in [-0.05, 0) is 61.5 Å². The first-order chi connectivity index (χ1) is 16.1. The van der Waals surface area contributed by atoms with E-state index in [0.717, 1.165) is 37.9 Å². The molecule has 2 aliphatic rings. The van der Waals surface area contributed by atoms with Gasteiger partial charge in [0.05, 0.1) is 25.8 Å². The third-order valence-corrected chi connectivity index (χ3v) is 6.46. The second kappa shape index (κ2) is 10.5. The lowest BCUT2D eigenvalue weighted by molar-refractivity contribution is -0.136. The predicted molar refractivity (Wildman–Crippen MR) is 126 cm³/mol. The number of benzene rings is 2. The zero-order valence-electron chi connectivity index (χ0n) is 19.2. The molecule has 2 N–H and O–H groups in total. The van der Waals surface area contributed by atoms with Gasteiger partial charge in [0.1, 0.15) is 5.75 Å². The molecule has 2 aliphatic heterocycles. The van der Waals surface area contributed by atoms with Crippen LogP contribution < -0.4 is 15.4 Å². The van der Waals surface area contributed by atoms with E-state index in [4.69, 9.17) is 9.47 Å². The summed E-state index contributed by atoms with van der Waals surface area (Å²) in [4.78, 5) is 27.6. The van der Waals surface area contributed by atoms with Gasteiger partial charge < -0.3 is 20.1 Å². The molecule has 7 heteroatoms. The van der Waals surface area contributed by atoms with Crippen molar-refractivity contribution in [3.05, 3.63) is 77.0 Å². The average Bonchev–Trinajstić information content (AvgIpc) is 2.85. The molecule has 1 atom stereocenters. The number of rotatable bonds is 7. The van der Waals surface area contributed by atoms with Crippen LogP contribution in [0.1, 0.15) is 30.0 Å². The maximum atomic E-state index is 12.8. The molecule has 1 unspecified atom stereocenters. The molecule has 1 saturated heterocycles. The van der Waals surface area contributed by atoms with Crippen molar-refractivity contribution in [3.8, 4) is 5.75 Å². The summed E-state index contributed by atoms with van der Waals surface area (Å²) in [6, 6.07) is 17.0. The van der Waals surface area contributed by atoms with Gasteiger partial charge in [0.15, 0.2) is 0 Å². The Labute approximate surface area is 194 Å². The number of carbonyl (C=O) groups excluding carboxylic acids is 2. The van der Waals surface area contributed by atoms with Crippen molar-refractivity contribution in [1.82, 2.24) is 15.5 Å². The van der Waals surface area contributed by atoms with Crippen molar-refractivity contribution >= 4 is 12.0 Å². The lowest BCUT2D eigenvalue weighted by atomic mass is 9.89. The number of esters is 1. The smallest absolute Gasteiger partial charge is 0.338 e. The van der Waals surface area contributed by atoms with E-state index < -0.39 is 12.0 Å². The summed E-state index contributed by atoms with van der Waals surface area (Å²) < 4.78 is 10.3. The van der Waals surface area contributed by atoms with Gasteiger partial charge >= 0.3 is 12.0 Å². The number of piperidine rings is 1. The van der Waals surface area contributed by atoms with Crippen molar-refractivity contribution in [2.45, 2.75) is 25.3 Å². The van der Waals surface area contributed by atoms with Crippen molar-refractivity contribution in [3.63, 3.8) is 0 Å². The molecule has 0 radical (unpaired) electrons. The molecule has 7 nitrogen and oxygen atoms in total. The minimum atomic E-state index is -0.581. The highest BCUT2D eigenvalue weighted by Crippen LogP contribution is 2.30. The Kier molecular flexibility index (Phi) is 7.29. The number of urea groups is 1. The lowest BCUT2D eigenvalue weighted by Crippen LogP contribution is -2.49. The number of nitrogens with zero attached hydrogens (tertiary/aromatic N) is 1. The fourth-order valence-electron chi connectivity index (χ4n) is 4.66. The number of carbonyl (C=O) groups is 2. The summed E-state index contributed by atoms with van der Waals surface area (Å²) in [6.45, 7) is 2.35. The van der Waals surface area contributed by atoms with Gasteiger partial charge in [-0.3, -0.25) is 4.90 Å². The highest BCUT2D eigenvalue weighted by molar-refractivity contribution is 5.95. The molecule has 0 aliphatic carbocycles. The van der Waals surface area contributed by atoms with E-state index in [1.165, 1.54) is 12.7 Å². The molecule has 174 valence electrons. The standard InChI is InChI=1S/C26H31N3O4/c1-32-21-10-8-20(9-11-21)24-23(25(30)33-2)22(27-26(31)28-24)17-29-14-12-19(13-15-29)16-18-6-4-3-5-7-18/h3-11,19,24H,12-17H2,1-2H3,(H2,27,28,31). The Hall–Kier alpha value is -3.32. The van der Waals surface area contributed by atoms with Crippen molar-refractivity contribution < 1.29 is 19.1 Å². The number of likely N-dealkylation sites (tertiary alicyclic amines) is 1. The average molecular weight is 450 g/mol. The van der Waals surface area contributed by atoms with Gasteiger partial charge in [-0.2, -0.15) is 0 Å². The maximum Gasteiger partial charge on any atom is 0.338 e. The molecule has 2 heterocycles. The topological polar surface area (TPSA) is 79.9 Å². The molecule has 2 aromatic rings. The monoisotopic (exact) mass is 449 g/mol. The molecule has 0 bridgehead atoms. The Bertz CT molecular complexity index is 996. The molecule has 0 saturated carbocycles. The number of amides is 2. The summed E-state index contributed by atoms with van der Waals surface area (Å²) in [5.41, 5.74) is 3.21. The van der Waals surface area contributed by atoms with Crippen LogP contribution in [0.15, 0.2) is 65.9 Å². The van der Waals surface area contributed by atoms with Gasteiger partial charge in [-0.25, -0.2) is 9.59 Å². The van der Waals surface area contributed by atoms with E-state index in [2.05, 4.69) is 39.8 Å². The van der Waals surface area contributed by atoms with Crippen LogP contribution in [0.3, 0.4) is 0 Å². The van der Waals surface area contributed by atoms with E-state index in [1.807, 2.05) is 30.3 Å². The van der Waals surface area contributed by atoms with E-state index in [1.54, 1.807) is 7.11 Å². The van der Waals surface area contributed by atoms with Crippen molar-refractivity contribution in [2.75, 3.05) is 33.9 Å². The molecule has 33 heavy (non-hydrogen) atoms. The molecule has 2 aromatic carbocycles. The largest absolute Gasteiger partial charge is 0.497 e. The summed E-state index contributed by atoms with van der Waals surface area (Å²) in [6.07, 6.45) is 3.26. The zero-order chi connectivity index (χ0) is 23.2. The maximum absolute atomic E-state index is 12.8. The van der Waals surface area contributed by atoms with E-state index in [9.17, 15) is 9.59 Å². The second-order valence-electron chi connectivity index (χ2n) is 8.60. The first kappa shape index (κ1) is 22.9. The molecule has 1 fully saturated rings. The molecule has 0 aromatic heterocycles. The summed E-state index contributed by atoms with van der Waals surface area (Å²) in [7, 11) is 2.96. The minimum Gasteiger partial charge on any atom is -0.497 e. The van der Waals surface area contributed by atoms with E-state index >= 15 is 0 Å². The SMILES string of the molecule is COC(=O)C1=C(CN2CCC(Cc3ccccc3)CC2)NC(=O)NC1c1ccc(OC)cc1. The Morgan fingerprint density at radius 3 is 2.36 bits per heavy atom. The highest BCUT2D eigenvalue weighted by Gasteiger charge is 2.34. The van der Waals surface area contributed by atoms with E-state index in [0.29, 0.717) is 29.5 Å². The predicted octanol–water partition coefficient (Wildman–Crippen LogP) is 3.43. The summed E-state index contributed by atoms with van der Waals surface area (Å²) in [5, 5.41) is 5.73. The Morgan fingerprint density at radius 2 is 1.73 bits per heavy atom. The number of hydrogen-bond acceptors (Lipinski definition) is 5. The summed E-state index contributed by atoms with van der Waals surface area (Å²) in [5.74, 6) is 0.908. The highest BCUT2D eigenvalue weighted by atomic mass is 16.5. The number of nitrogens with one attached hydrogen (secondary N) is 2. The molecular weight excluding hydrogens is 418 g/mol. The Morgan fingerprint density at radius 1 is 1.03 bits per heavy atom. The van der Waals surface area contributed by atoms with Crippen LogP contribution in [0.25, 0.3) is 0 Å². The van der Waals surface area contributed by atoms with E-state index in [-0.39, 0.29) is 6.03 Å². The van der Waals surface area contributed by atoms with Crippen LogP contribution in [-0.2, 0) is 16.0 Å². The third kappa shape index (κ3) is 5.54. The number of methoxy groups -OCH3 is 2. The normalized spacial score (nSPS) is 19.6. The van der Waals surface area contributed by atoms with Gasteiger partial charge in [0.2, 0.25) is 0 Å². The second-order valence-corrected chi connectivity index (χ2v) is 8.60. The van der Waals surface area contributed by atoms with Crippen molar-refractivity contribution in [2.24, 2.45) is 5.92 Å². The van der Waals surface area contributed by atoms with Crippen LogP contribution in [0.2, 0.25) is 0 Å². The van der Waals surface area contributed by atoms with Crippen LogP contribution >= 0.6 is 0 Å². The first-order valence-corrected chi connectivity index (χ1v) is 11.4. The third-order valence-electron chi connectivity index (χ3n) is 6.46. The van der Waals surface area contributed by atoms with Crippen LogP contribution in [0.4, 0.5) is 4.79 Å². The molecular formula is C26H31N3O4. The van der Waals surface area contributed by atoms with Crippen LogP contribution in [0, 0.1) is 5.92 Å². The fraction of sp³-hybridized carbons (Fsp3) is 0.385. The van der Waals surface area contributed by atoms with Crippen LogP contribution in [-0.4, -0.2) is 50.8 Å². The van der Waals surface area contributed by atoms with Gasteiger partial charge in [0.25, 0.3) is 0 Å². The minimum absolute atomic E-state index is 0.322. The number of hydrogen-bond donors (Lipinski definition) is 2. The quantitative estimate of drug-likeness (QED) is 0.633. The fourth-order valence-corrected chi connectivity index (χ4v) is 4.66. The summed E-state index contributed by atoms with van der Waals surface area (Å²) >= 11 is 0. The molecule has 0 spiro atoms. The lowest BCUT2D eigenvalue weighted by Gasteiger charge is -2.35. The van der Waals surface area contributed by atoms with Crippen molar-refractivity contribution in [1.29, 1.82) is 0 Å². The van der Waals surface area contributed by atoms with Gasteiger partial charge in [0, 0.05) is 12.2 Å². The molecule has 4 rings (SSSR count). The van der Waals surface area contributed by atoms with Gasteiger partial charge in [-0.1, -0.05) is 42.5 Å². The molecule has 2 amide bonds. The zero-order valence-corrected chi connectivity index (χ0v) is 19.2. The van der Waals surface area contributed by atoms with Crippen LogP contribution in [0.5, 0.6) is 5.75 Å². The Balaban J connectivity index is 1.49. The van der Waals surface area contributed by atoms with Gasteiger partial charge in [-0.15, -0.1) is 0 Å². The number of ether oxygens (including phenoxy) is 2.